The van der Waals surface area contributed by atoms with E-state index in [1.165, 1.54) is 52.8 Å². The highest BCUT2D eigenvalue weighted by molar-refractivity contribution is 7.27. The summed E-state index contributed by atoms with van der Waals surface area (Å²) < 4.78 is 2.64. The van der Waals surface area contributed by atoms with Crippen LogP contribution in [0.2, 0.25) is 0 Å². The van der Waals surface area contributed by atoms with Gasteiger partial charge in [-0.2, -0.15) is 0 Å². The van der Waals surface area contributed by atoms with Crippen LogP contribution in [0.5, 0.6) is 0 Å². The van der Waals surface area contributed by atoms with Crippen LogP contribution in [-0.2, 0) is 0 Å². The van der Waals surface area contributed by atoms with Crippen LogP contribution < -0.4 is 0 Å². The molecular weight excluding hydrogens is 312 g/mol. The number of hydrogen-bond donors (Lipinski definition) is 1. The first-order chi connectivity index (χ1) is 11.9. The van der Waals surface area contributed by atoms with E-state index in [1.807, 2.05) is 23.7 Å². The van der Waals surface area contributed by atoms with Crippen molar-refractivity contribution >= 4 is 64.1 Å². The van der Waals surface area contributed by atoms with E-state index in [2.05, 4.69) is 64.6 Å². The minimum Gasteiger partial charge on any atom is -0.354 e. The summed E-state index contributed by atoms with van der Waals surface area (Å²) in [5.41, 5.74) is 2.43. The molecule has 6 aromatic rings. The maximum atomic E-state index is 4.40. The number of H-pyrrole nitrogens is 1. The zero-order chi connectivity index (χ0) is 15.7. The van der Waals surface area contributed by atoms with Crippen molar-refractivity contribution in [2.45, 2.75) is 0 Å². The monoisotopic (exact) mass is 324 g/mol. The maximum Gasteiger partial charge on any atom is 0.0565 e. The lowest BCUT2D eigenvalue weighted by Gasteiger charge is -2.03. The quantitative estimate of drug-likeness (QED) is 0.352. The number of aromatic nitrogens is 2. The van der Waals surface area contributed by atoms with Gasteiger partial charge in [0.25, 0.3) is 0 Å². The smallest absolute Gasteiger partial charge is 0.0565 e. The predicted molar refractivity (Wildman–Crippen MR) is 104 cm³/mol. The number of pyridine rings is 1. The number of aromatic amines is 1. The van der Waals surface area contributed by atoms with Crippen LogP contribution in [-0.4, -0.2) is 9.97 Å². The van der Waals surface area contributed by atoms with Crippen LogP contribution in [0.25, 0.3) is 52.8 Å². The Morgan fingerprint density at radius 3 is 2.54 bits per heavy atom. The van der Waals surface area contributed by atoms with Crippen LogP contribution in [0.1, 0.15) is 0 Å². The molecule has 0 amide bonds. The van der Waals surface area contributed by atoms with E-state index in [-0.39, 0.29) is 0 Å². The van der Waals surface area contributed by atoms with Crippen molar-refractivity contribution in [2.75, 3.05) is 0 Å². The second-order valence-electron chi connectivity index (χ2n) is 6.14. The SMILES string of the molecule is c1ccc2c(c1)[nH]c1c2c2ccncc2c2sc3ccccc3c12. The van der Waals surface area contributed by atoms with Gasteiger partial charge in [-0.05, 0) is 23.6 Å². The van der Waals surface area contributed by atoms with Gasteiger partial charge in [-0.15, -0.1) is 11.3 Å². The van der Waals surface area contributed by atoms with Crippen molar-refractivity contribution in [3.05, 3.63) is 67.0 Å². The van der Waals surface area contributed by atoms with Gasteiger partial charge in [-0.3, -0.25) is 4.98 Å². The normalized spacial score (nSPS) is 12.2. The van der Waals surface area contributed by atoms with Gasteiger partial charge < -0.3 is 4.98 Å². The number of nitrogens with one attached hydrogen (secondary N) is 1. The van der Waals surface area contributed by atoms with Gasteiger partial charge >= 0.3 is 0 Å². The molecule has 0 aliphatic rings. The second kappa shape index (κ2) is 4.34. The first kappa shape index (κ1) is 12.5. The van der Waals surface area contributed by atoms with Crippen molar-refractivity contribution in [3.63, 3.8) is 0 Å². The molecule has 0 saturated heterocycles. The Balaban J connectivity index is 2.08. The molecule has 24 heavy (non-hydrogen) atoms. The summed E-state index contributed by atoms with van der Waals surface area (Å²) in [6.45, 7) is 0. The Hall–Kier alpha value is -2.91. The Bertz CT molecular complexity index is 1410. The molecule has 2 nitrogen and oxygen atoms in total. The van der Waals surface area contributed by atoms with Crippen LogP contribution >= 0.6 is 11.3 Å². The number of fused-ring (bicyclic) bond motifs is 10. The molecular formula is C21H12N2S. The molecule has 3 heteroatoms. The average Bonchev–Trinajstić information content (AvgIpc) is 3.20. The molecule has 6 rings (SSSR count). The summed E-state index contributed by atoms with van der Waals surface area (Å²) in [5, 5.41) is 7.74. The molecule has 0 spiro atoms. The Morgan fingerprint density at radius 2 is 1.58 bits per heavy atom. The van der Waals surface area contributed by atoms with E-state index in [0.29, 0.717) is 0 Å². The van der Waals surface area contributed by atoms with E-state index in [0.717, 1.165) is 0 Å². The number of nitrogens with zero attached hydrogens (tertiary/aromatic N) is 1. The van der Waals surface area contributed by atoms with Gasteiger partial charge in [-0.1, -0.05) is 36.4 Å². The molecule has 0 fully saturated rings. The molecule has 0 aliphatic carbocycles. The fourth-order valence-corrected chi connectivity index (χ4v) is 5.12. The van der Waals surface area contributed by atoms with E-state index < -0.39 is 0 Å². The van der Waals surface area contributed by atoms with Gasteiger partial charge in [0.15, 0.2) is 0 Å². The molecule has 0 atom stereocenters. The molecule has 112 valence electrons. The molecule has 0 bridgehead atoms. The van der Waals surface area contributed by atoms with E-state index >= 15 is 0 Å². The molecule has 0 unspecified atom stereocenters. The van der Waals surface area contributed by atoms with E-state index in [1.54, 1.807) is 0 Å². The Morgan fingerprint density at radius 1 is 0.750 bits per heavy atom. The number of rotatable bonds is 0. The number of para-hydroxylation sites is 1. The number of hydrogen-bond acceptors (Lipinski definition) is 2. The minimum atomic E-state index is 1.19. The summed E-state index contributed by atoms with van der Waals surface area (Å²) >= 11 is 1.86. The van der Waals surface area contributed by atoms with Crippen molar-refractivity contribution in [2.24, 2.45) is 0 Å². The summed E-state index contributed by atoms with van der Waals surface area (Å²) in [6, 6.07) is 19.4. The minimum absolute atomic E-state index is 1.19. The molecule has 1 N–H and O–H groups in total. The fraction of sp³-hybridized carbons (Fsp3) is 0. The highest BCUT2D eigenvalue weighted by Crippen LogP contribution is 2.45. The summed E-state index contributed by atoms with van der Waals surface area (Å²) in [7, 11) is 0. The number of benzene rings is 3. The standard InChI is InChI=1S/C21H12N2S/c1-3-7-16-13(5-1)18-12-9-10-22-11-15(12)21-19(20(18)23-16)14-6-2-4-8-17(14)24-21/h1-11,23H. The third kappa shape index (κ3) is 1.43. The topological polar surface area (TPSA) is 28.7 Å². The van der Waals surface area contributed by atoms with E-state index in [4.69, 9.17) is 0 Å². The summed E-state index contributed by atoms with van der Waals surface area (Å²) in [6.07, 6.45) is 3.90. The Kier molecular flexibility index (Phi) is 2.26. The summed E-state index contributed by atoms with van der Waals surface area (Å²) in [4.78, 5) is 8.08. The van der Waals surface area contributed by atoms with Gasteiger partial charge in [-0.25, -0.2) is 0 Å². The fourth-order valence-electron chi connectivity index (χ4n) is 3.89. The number of thiophene rings is 1. The third-order valence-corrected chi connectivity index (χ3v) is 6.09. The van der Waals surface area contributed by atoms with Crippen molar-refractivity contribution in [1.82, 2.24) is 9.97 Å². The van der Waals surface area contributed by atoms with E-state index in [9.17, 15) is 0 Å². The van der Waals surface area contributed by atoms with Gasteiger partial charge in [0.1, 0.15) is 0 Å². The molecule has 3 aromatic heterocycles. The average molecular weight is 324 g/mol. The first-order valence-electron chi connectivity index (χ1n) is 7.99. The zero-order valence-electron chi connectivity index (χ0n) is 12.7. The molecule has 0 saturated carbocycles. The molecule has 0 aliphatic heterocycles. The third-order valence-electron chi connectivity index (χ3n) is 4.89. The van der Waals surface area contributed by atoms with Gasteiger partial charge in [0.2, 0.25) is 0 Å². The molecule has 0 radical (unpaired) electrons. The van der Waals surface area contributed by atoms with Crippen LogP contribution in [0, 0.1) is 0 Å². The highest BCUT2D eigenvalue weighted by atomic mass is 32.1. The first-order valence-corrected chi connectivity index (χ1v) is 8.81. The lowest BCUT2D eigenvalue weighted by molar-refractivity contribution is 1.37. The van der Waals surface area contributed by atoms with Crippen LogP contribution in [0.4, 0.5) is 0 Å². The largest absolute Gasteiger partial charge is 0.354 e. The lowest BCUT2D eigenvalue weighted by atomic mass is 10.0. The van der Waals surface area contributed by atoms with Crippen molar-refractivity contribution < 1.29 is 0 Å². The van der Waals surface area contributed by atoms with Crippen molar-refractivity contribution in [1.29, 1.82) is 0 Å². The second-order valence-corrected chi connectivity index (χ2v) is 7.20. The van der Waals surface area contributed by atoms with Gasteiger partial charge in [0, 0.05) is 54.2 Å². The molecule has 3 aromatic carbocycles. The zero-order valence-corrected chi connectivity index (χ0v) is 13.5. The Labute approximate surface area is 141 Å². The highest BCUT2D eigenvalue weighted by Gasteiger charge is 2.17. The van der Waals surface area contributed by atoms with Crippen LogP contribution in [0.3, 0.4) is 0 Å². The predicted octanol–water partition coefficient (Wildman–Crippen LogP) is 6.24. The summed E-state index contributed by atoms with van der Waals surface area (Å²) in [5.74, 6) is 0. The van der Waals surface area contributed by atoms with Crippen molar-refractivity contribution in [3.8, 4) is 0 Å². The van der Waals surface area contributed by atoms with Gasteiger partial charge in [0.05, 0.1) is 5.52 Å². The maximum absolute atomic E-state index is 4.40. The lowest BCUT2D eigenvalue weighted by Crippen LogP contribution is -1.79. The van der Waals surface area contributed by atoms with Crippen LogP contribution in [0.15, 0.2) is 67.0 Å². The molecule has 3 heterocycles.